The third kappa shape index (κ3) is 7.30. The summed E-state index contributed by atoms with van der Waals surface area (Å²) in [4.78, 5) is 25.8. The van der Waals surface area contributed by atoms with Gasteiger partial charge in [0.1, 0.15) is 5.82 Å². The summed E-state index contributed by atoms with van der Waals surface area (Å²) in [6.45, 7) is 2.70. The lowest BCUT2D eigenvalue weighted by atomic mass is 9.72. The van der Waals surface area contributed by atoms with Crippen molar-refractivity contribution in [1.29, 1.82) is 0 Å². The maximum Gasteiger partial charge on any atom is 0.404 e. The molecular weight excluding hydrogens is 489 g/mol. The van der Waals surface area contributed by atoms with Crippen molar-refractivity contribution in [3.05, 3.63) is 59.4 Å². The number of aliphatic hydroxyl groups is 2. The first-order valence-electron chi connectivity index (χ1n) is 13.4. The van der Waals surface area contributed by atoms with Crippen molar-refractivity contribution in [2.45, 2.75) is 63.5 Å². The fourth-order valence-corrected chi connectivity index (χ4v) is 5.35. The van der Waals surface area contributed by atoms with Crippen LogP contribution in [0.15, 0.2) is 42.5 Å². The Labute approximate surface area is 223 Å². The molecule has 38 heavy (non-hydrogen) atoms. The number of hydrogen-bond donors (Lipinski definition) is 4. The number of ether oxygens (including phenoxy) is 1. The lowest BCUT2D eigenvalue weighted by Crippen LogP contribution is -2.48. The van der Waals surface area contributed by atoms with Crippen LogP contribution in [0.5, 0.6) is 0 Å². The molecule has 6 N–H and O–H groups in total. The first kappa shape index (κ1) is 29.5. The molecule has 1 heterocycles. The van der Waals surface area contributed by atoms with Gasteiger partial charge in [0.25, 0.3) is 0 Å². The van der Waals surface area contributed by atoms with Crippen LogP contribution in [0.3, 0.4) is 0 Å². The number of aryl methyl sites for hydroxylation is 1. The number of likely N-dealkylation sites (tertiary alicyclic amines) is 1. The average molecular weight is 530 g/mol. The van der Waals surface area contributed by atoms with E-state index in [9.17, 15) is 19.8 Å². The zero-order valence-corrected chi connectivity index (χ0v) is 22.1. The fraction of sp³-hybridized carbons (Fsp3) is 0.517. The SMILES string of the molecule is CCc1cccc(-c2c(F)cccc2C(O)(CCCOC(N)=O)C2CCCN(C(=O)CCC(N)CO)C2)c1. The average Bonchev–Trinajstić information content (AvgIpc) is 2.93. The largest absolute Gasteiger partial charge is 0.450 e. The summed E-state index contributed by atoms with van der Waals surface area (Å²) in [5.41, 5.74) is 11.9. The predicted molar refractivity (Wildman–Crippen MR) is 143 cm³/mol. The van der Waals surface area contributed by atoms with Gasteiger partial charge in [0, 0.05) is 37.0 Å². The maximum absolute atomic E-state index is 15.5. The highest BCUT2D eigenvalue weighted by Crippen LogP contribution is 2.44. The molecule has 0 spiro atoms. The number of carbonyl (C=O) groups excluding carboxylic acids is 2. The molecule has 1 saturated heterocycles. The molecule has 0 radical (unpaired) electrons. The molecule has 1 aliphatic heterocycles. The third-order valence-electron chi connectivity index (χ3n) is 7.46. The number of aliphatic hydroxyl groups excluding tert-OH is 1. The number of carbonyl (C=O) groups is 2. The summed E-state index contributed by atoms with van der Waals surface area (Å²) in [5, 5.41) is 21.6. The van der Waals surface area contributed by atoms with Gasteiger partial charge >= 0.3 is 6.09 Å². The van der Waals surface area contributed by atoms with Gasteiger partial charge in [-0.3, -0.25) is 4.79 Å². The summed E-state index contributed by atoms with van der Waals surface area (Å²) in [5.74, 6) is -0.910. The summed E-state index contributed by atoms with van der Waals surface area (Å²) in [6, 6.07) is 11.9. The summed E-state index contributed by atoms with van der Waals surface area (Å²) in [6.07, 6.45) is 2.27. The van der Waals surface area contributed by atoms with E-state index < -0.39 is 23.6 Å². The molecule has 3 atom stereocenters. The Hall–Kier alpha value is -3.01. The van der Waals surface area contributed by atoms with E-state index in [1.165, 1.54) is 6.07 Å². The van der Waals surface area contributed by atoms with Crippen LogP contribution in [0.4, 0.5) is 9.18 Å². The van der Waals surface area contributed by atoms with E-state index in [1.807, 2.05) is 31.2 Å². The van der Waals surface area contributed by atoms with Crippen molar-refractivity contribution in [1.82, 2.24) is 4.90 Å². The molecule has 3 rings (SSSR count). The number of nitrogens with two attached hydrogens (primary N) is 2. The Morgan fingerprint density at radius 3 is 2.74 bits per heavy atom. The standard InChI is InChI=1S/C29H40FN3O5/c1-2-20-7-3-8-21(17-20)27-24(10-4-11-25(27)30)29(37,14-6-16-38-28(32)36)22-9-5-15-33(18-22)26(35)13-12-23(31)19-34/h3-4,7-8,10-11,17,22-23,34,37H,2,5-6,9,12-16,18-19,31H2,1H3,(H2,32,36). The third-order valence-corrected chi connectivity index (χ3v) is 7.46. The minimum absolute atomic E-state index is 0.0159. The van der Waals surface area contributed by atoms with Crippen molar-refractivity contribution in [3.8, 4) is 11.1 Å². The molecule has 2 aromatic rings. The predicted octanol–water partition coefficient (Wildman–Crippen LogP) is 3.46. The van der Waals surface area contributed by atoms with Crippen LogP contribution in [-0.2, 0) is 21.6 Å². The number of benzene rings is 2. The normalized spacial score (nSPS) is 18.0. The van der Waals surface area contributed by atoms with Gasteiger partial charge in [-0.1, -0.05) is 43.3 Å². The summed E-state index contributed by atoms with van der Waals surface area (Å²) in [7, 11) is 0. The number of rotatable bonds is 12. The number of amides is 2. The Bertz CT molecular complexity index is 1100. The van der Waals surface area contributed by atoms with Crippen molar-refractivity contribution < 1.29 is 28.9 Å². The van der Waals surface area contributed by atoms with E-state index in [2.05, 4.69) is 0 Å². The van der Waals surface area contributed by atoms with Crippen LogP contribution in [0.1, 0.15) is 56.6 Å². The zero-order valence-electron chi connectivity index (χ0n) is 22.1. The smallest absolute Gasteiger partial charge is 0.404 e. The van der Waals surface area contributed by atoms with Gasteiger partial charge in [-0.2, -0.15) is 0 Å². The van der Waals surface area contributed by atoms with Gasteiger partial charge in [0.05, 0.1) is 18.8 Å². The van der Waals surface area contributed by atoms with E-state index in [1.54, 1.807) is 17.0 Å². The topological polar surface area (TPSA) is 139 Å². The molecule has 2 aromatic carbocycles. The Balaban J connectivity index is 1.98. The fourth-order valence-electron chi connectivity index (χ4n) is 5.35. The van der Waals surface area contributed by atoms with Gasteiger partial charge in [-0.25, -0.2) is 9.18 Å². The molecule has 0 aliphatic carbocycles. The maximum atomic E-state index is 15.5. The minimum Gasteiger partial charge on any atom is -0.450 e. The molecule has 208 valence electrons. The molecule has 0 saturated carbocycles. The van der Waals surface area contributed by atoms with Gasteiger partial charge in [0.15, 0.2) is 0 Å². The number of hydrogen-bond acceptors (Lipinski definition) is 6. The van der Waals surface area contributed by atoms with Gasteiger partial charge in [-0.15, -0.1) is 0 Å². The second-order valence-corrected chi connectivity index (χ2v) is 10.1. The molecule has 3 unspecified atom stereocenters. The minimum atomic E-state index is -1.50. The Kier molecular flexibility index (Phi) is 10.6. The molecular formula is C29H40FN3O5. The highest BCUT2D eigenvalue weighted by molar-refractivity contribution is 5.76. The second-order valence-electron chi connectivity index (χ2n) is 10.1. The van der Waals surface area contributed by atoms with Gasteiger partial charge in [0.2, 0.25) is 5.91 Å². The molecule has 0 bridgehead atoms. The number of nitrogens with zero attached hydrogens (tertiary/aromatic N) is 1. The van der Waals surface area contributed by atoms with E-state index in [0.717, 1.165) is 12.0 Å². The van der Waals surface area contributed by atoms with E-state index in [-0.39, 0.29) is 37.9 Å². The van der Waals surface area contributed by atoms with E-state index in [4.69, 9.17) is 16.2 Å². The molecule has 9 heteroatoms. The van der Waals surface area contributed by atoms with E-state index in [0.29, 0.717) is 55.5 Å². The highest BCUT2D eigenvalue weighted by Gasteiger charge is 2.43. The lowest BCUT2D eigenvalue weighted by Gasteiger charge is -2.43. The second kappa shape index (κ2) is 13.7. The quantitative estimate of drug-likeness (QED) is 0.311. The first-order valence-corrected chi connectivity index (χ1v) is 13.4. The number of primary amides is 1. The lowest BCUT2D eigenvalue weighted by molar-refractivity contribution is -0.137. The van der Waals surface area contributed by atoms with Gasteiger partial charge < -0.3 is 31.3 Å². The van der Waals surface area contributed by atoms with Crippen LogP contribution in [0, 0.1) is 11.7 Å². The van der Waals surface area contributed by atoms with Crippen molar-refractivity contribution in [2.75, 3.05) is 26.3 Å². The molecule has 2 amide bonds. The first-order chi connectivity index (χ1) is 18.2. The Morgan fingerprint density at radius 2 is 2.03 bits per heavy atom. The van der Waals surface area contributed by atoms with Crippen molar-refractivity contribution >= 4 is 12.0 Å². The van der Waals surface area contributed by atoms with Crippen molar-refractivity contribution in [2.24, 2.45) is 17.4 Å². The Morgan fingerprint density at radius 1 is 1.26 bits per heavy atom. The summed E-state index contributed by atoms with van der Waals surface area (Å²) >= 11 is 0. The highest BCUT2D eigenvalue weighted by atomic mass is 19.1. The molecule has 1 fully saturated rings. The molecule has 0 aromatic heterocycles. The van der Waals surface area contributed by atoms with Crippen LogP contribution in [0.2, 0.25) is 0 Å². The molecule has 8 nitrogen and oxygen atoms in total. The van der Waals surface area contributed by atoms with Crippen molar-refractivity contribution in [3.63, 3.8) is 0 Å². The van der Waals surface area contributed by atoms with E-state index >= 15 is 4.39 Å². The summed E-state index contributed by atoms with van der Waals surface area (Å²) < 4.78 is 20.4. The number of piperidine rings is 1. The van der Waals surface area contributed by atoms with Crippen LogP contribution in [-0.4, -0.2) is 59.5 Å². The van der Waals surface area contributed by atoms with Crippen LogP contribution in [0.25, 0.3) is 11.1 Å². The zero-order chi connectivity index (χ0) is 27.7. The van der Waals surface area contributed by atoms with Crippen LogP contribution < -0.4 is 11.5 Å². The van der Waals surface area contributed by atoms with Crippen LogP contribution >= 0.6 is 0 Å². The monoisotopic (exact) mass is 529 g/mol. The number of halogens is 1. The molecule has 1 aliphatic rings. The van der Waals surface area contributed by atoms with Gasteiger partial charge in [-0.05, 0) is 61.3 Å².